The first-order valence-electron chi connectivity index (χ1n) is 10.9. The van der Waals surface area contributed by atoms with Crippen molar-refractivity contribution >= 4 is 57.2 Å². The van der Waals surface area contributed by atoms with Crippen LogP contribution in [0.2, 0.25) is 5.02 Å². The maximum Gasteiger partial charge on any atom is 0.506 e. The van der Waals surface area contributed by atoms with Crippen LogP contribution in [0.15, 0.2) is 48.5 Å². The van der Waals surface area contributed by atoms with E-state index < -0.39 is 11.8 Å². The Morgan fingerprint density at radius 3 is 2.33 bits per heavy atom. The van der Waals surface area contributed by atoms with Gasteiger partial charge in [-0.05, 0) is 79.3 Å². The number of nitrogens with one attached hydrogen (secondary N) is 1. The molecule has 1 heterocycles. The van der Waals surface area contributed by atoms with Gasteiger partial charge in [0.25, 0.3) is 5.91 Å². The second-order valence-corrected chi connectivity index (χ2v) is 10.6. The summed E-state index contributed by atoms with van der Waals surface area (Å²) in [6.07, 6.45) is 2.62. The summed E-state index contributed by atoms with van der Waals surface area (Å²) < 4.78 is 6.22. The molecule has 3 aromatic rings. The molecule has 0 radical (unpaired) electrons. The number of nitrogens with zero attached hydrogens (tertiary/aromatic N) is 1. The minimum absolute atomic E-state index is 0.222. The van der Waals surface area contributed by atoms with E-state index >= 15 is 0 Å². The van der Waals surface area contributed by atoms with Crippen LogP contribution in [0, 0.1) is 3.57 Å². The minimum atomic E-state index is -1.23. The van der Waals surface area contributed by atoms with Crippen LogP contribution in [0.1, 0.15) is 48.9 Å². The van der Waals surface area contributed by atoms with Crippen LogP contribution >= 0.6 is 34.2 Å². The van der Waals surface area contributed by atoms with Gasteiger partial charge in [-0.1, -0.05) is 41.9 Å². The number of pyridine rings is 1. The zero-order valence-electron chi connectivity index (χ0n) is 17.7. The molecule has 2 bridgehead atoms. The lowest BCUT2D eigenvalue weighted by Crippen LogP contribution is -2.59. The largest absolute Gasteiger partial charge is 0.506 e. The zero-order valence-corrected chi connectivity index (χ0v) is 20.6. The molecule has 2 aromatic carbocycles. The maximum absolute atomic E-state index is 13.7. The third-order valence-electron chi connectivity index (χ3n) is 7.02. The molecule has 2 N–H and O–H groups in total. The number of ether oxygens (including phenoxy) is 1. The van der Waals surface area contributed by atoms with E-state index in [2.05, 4.69) is 27.9 Å². The second kappa shape index (κ2) is 8.43. The molecule has 33 heavy (non-hydrogen) atoms. The molecule has 3 aliphatic carbocycles. The fraction of sp³-hybridized carbons (Fsp3) is 0.320. The predicted molar refractivity (Wildman–Crippen MR) is 135 cm³/mol. The Labute approximate surface area is 209 Å². The number of carbonyl (C=O) groups is 2. The highest BCUT2D eigenvalue weighted by atomic mass is 127. The quantitative estimate of drug-likeness (QED) is 0.276. The molecule has 0 spiro atoms. The molecule has 0 aliphatic heterocycles. The van der Waals surface area contributed by atoms with Gasteiger partial charge in [-0.2, -0.15) is 0 Å². The van der Waals surface area contributed by atoms with E-state index in [4.69, 9.17) is 26.4 Å². The molecule has 0 unspecified atom stereocenters. The number of aromatic nitrogens is 1. The molecule has 170 valence electrons. The number of rotatable bonds is 4. The molecule has 8 heteroatoms. The van der Waals surface area contributed by atoms with Gasteiger partial charge in [0.15, 0.2) is 0 Å². The van der Waals surface area contributed by atoms with E-state index in [0.717, 1.165) is 14.5 Å². The Bertz CT molecular complexity index is 1240. The highest BCUT2D eigenvalue weighted by Gasteiger charge is 2.51. The average molecular weight is 577 g/mol. The first-order chi connectivity index (χ1) is 15.8. The average Bonchev–Trinajstić information content (AvgIpc) is 2.80. The van der Waals surface area contributed by atoms with Crippen molar-refractivity contribution in [1.29, 1.82) is 0 Å². The summed E-state index contributed by atoms with van der Waals surface area (Å²) in [5.74, 6) is -0.222. The maximum atomic E-state index is 13.7. The van der Waals surface area contributed by atoms with Gasteiger partial charge in [-0.25, -0.2) is 9.78 Å². The normalized spacial score (nSPS) is 23.9. The third kappa shape index (κ3) is 4.17. The van der Waals surface area contributed by atoms with Crippen LogP contribution < -0.4 is 5.32 Å². The van der Waals surface area contributed by atoms with Crippen molar-refractivity contribution in [1.82, 2.24) is 10.3 Å². The molecule has 6 nitrogen and oxygen atoms in total. The summed E-state index contributed by atoms with van der Waals surface area (Å²) in [6.45, 7) is 0. The van der Waals surface area contributed by atoms with Crippen LogP contribution in [0.25, 0.3) is 22.2 Å². The third-order valence-corrected chi connectivity index (χ3v) is 8.06. The van der Waals surface area contributed by atoms with Gasteiger partial charge >= 0.3 is 6.16 Å². The summed E-state index contributed by atoms with van der Waals surface area (Å²) in [5, 5.41) is 13.4. The van der Waals surface area contributed by atoms with Gasteiger partial charge in [0.1, 0.15) is 5.60 Å². The topological polar surface area (TPSA) is 88.5 Å². The number of hydrogen-bond acceptors (Lipinski definition) is 4. The number of hydrogen-bond donors (Lipinski definition) is 2. The highest BCUT2D eigenvalue weighted by molar-refractivity contribution is 14.1. The summed E-state index contributed by atoms with van der Waals surface area (Å²) in [5.41, 5.74) is 1.57. The number of benzene rings is 2. The molecule has 1 aromatic heterocycles. The first-order valence-corrected chi connectivity index (χ1v) is 12.3. The van der Waals surface area contributed by atoms with E-state index in [-0.39, 0.29) is 11.4 Å². The molecule has 3 saturated carbocycles. The van der Waals surface area contributed by atoms with E-state index in [9.17, 15) is 9.59 Å². The Morgan fingerprint density at radius 2 is 1.70 bits per heavy atom. The van der Waals surface area contributed by atoms with Crippen molar-refractivity contribution < 1.29 is 19.4 Å². The van der Waals surface area contributed by atoms with Crippen molar-refractivity contribution in [3.05, 3.63) is 62.7 Å². The number of carbonyl (C=O) groups excluding carboxylic acids is 1. The van der Waals surface area contributed by atoms with Crippen molar-refractivity contribution in [3.63, 3.8) is 0 Å². The Morgan fingerprint density at radius 1 is 1.03 bits per heavy atom. The van der Waals surface area contributed by atoms with Gasteiger partial charge in [-0.15, -0.1) is 0 Å². The van der Waals surface area contributed by atoms with Gasteiger partial charge in [-0.3, -0.25) is 4.79 Å². The molecule has 0 atom stereocenters. The number of carboxylic acid groups (broad SMARTS) is 1. The van der Waals surface area contributed by atoms with E-state index in [1.807, 2.05) is 48.5 Å². The predicted octanol–water partition coefficient (Wildman–Crippen LogP) is 6.43. The van der Waals surface area contributed by atoms with Crippen LogP contribution in [0.3, 0.4) is 0 Å². The molecule has 1 amide bonds. The molecular formula is C25H22ClIN2O4. The number of fused-ring (bicyclic) bond motifs is 4. The molecule has 0 saturated heterocycles. The van der Waals surface area contributed by atoms with E-state index in [0.29, 0.717) is 60.3 Å². The SMILES string of the molecule is O=C(O)OC12CCC(NC(=O)c3c(Cl)c(-c4ccccc4)nc4ccc(I)cc34)(CC1)CC2. The standard InChI is InChI=1S/C25H22ClIN2O4/c26-20-19(22(30)29-24-8-11-25(12-9-24,13-10-24)33-23(31)32)17-14-16(27)6-7-18(17)28-21(20)15-4-2-1-3-5-15/h1-7,14H,8-13H2,(H,29,30)(H,31,32). The summed E-state index contributed by atoms with van der Waals surface area (Å²) in [4.78, 5) is 29.6. The lowest BCUT2D eigenvalue weighted by Gasteiger charge is -2.52. The lowest BCUT2D eigenvalue weighted by atomic mass is 9.63. The molecule has 6 rings (SSSR count). The van der Waals surface area contributed by atoms with Crippen LogP contribution in [-0.2, 0) is 4.74 Å². The Hall–Kier alpha value is -2.39. The van der Waals surface area contributed by atoms with Crippen LogP contribution in [0.5, 0.6) is 0 Å². The van der Waals surface area contributed by atoms with Crippen LogP contribution in [0.4, 0.5) is 4.79 Å². The summed E-state index contributed by atoms with van der Waals surface area (Å²) in [7, 11) is 0. The second-order valence-electron chi connectivity index (χ2n) is 8.96. The van der Waals surface area contributed by atoms with Crippen LogP contribution in [-0.4, -0.2) is 33.3 Å². The van der Waals surface area contributed by atoms with E-state index in [1.165, 1.54) is 0 Å². The first kappa shape index (κ1) is 22.4. The molecule has 3 aliphatic rings. The monoisotopic (exact) mass is 576 g/mol. The summed E-state index contributed by atoms with van der Waals surface area (Å²) in [6, 6.07) is 15.4. The fourth-order valence-electron chi connectivity index (χ4n) is 5.20. The highest BCUT2D eigenvalue weighted by Crippen LogP contribution is 2.49. The zero-order chi connectivity index (χ0) is 23.2. The van der Waals surface area contributed by atoms with Crippen molar-refractivity contribution in [2.24, 2.45) is 0 Å². The fourth-order valence-corrected chi connectivity index (χ4v) is 6.03. The van der Waals surface area contributed by atoms with Crippen molar-refractivity contribution in [2.75, 3.05) is 0 Å². The van der Waals surface area contributed by atoms with Gasteiger partial charge in [0, 0.05) is 20.1 Å². The number of halogens is 2. The van der Waals surface area contributed by atoms with Gasteiger partial charge in [0.2, 0.25) is 0 Å². The van der Waals surface area contributed by atoms with Gasteiger partial charge < -0.3 is 15.2 Å². The summed E-state index contributed by atoms with van der Waals surface area (Å²) >= 11 is 9.07. The van der Waals surface area contributed by atoms with E-state index in [1.54, 1.807) is 0 Å². The minimum Gasteiger partial charge on any atom is -0.450 e. The Balaban J connectivity index is 1.52. The van der Waals surface area contributed by atoms with Crippen molar-refractivity contribution in [2.45, 2.75) is 49.7 Å². The molecule has 3 fully saturated rings. The van der Waals surface area contributed by atoms with Crippen molar-refractivity contribution in [3.8, 4) is 11.3 Å². The smallest absolute Gasteiger partial charge is 0.450 e. The lowest BCUT2D eigenvalue weighted by molar-refractivity contribution is -0.0930. The molecular weight excluding hydrogens is 555 g/mol. The number of amides is 1. The van der Waals surface area contributed by atoms with Gasteiger partial charge in [0.05, 0.1) is 21.8 Å². The Kier molecular flexibility index (Phi) is 5.73.